The molecule has 3 fully saturated rings. The Morgan fingerprint density at radius 1 is 1.00 bits per heavy atom. The second-order valence-electron chi connectivity index (χ2n) is 6.42. The molecule has 3 heterocycles. The summed E-state index contributed by atoms with van der Waals surface area (Å²) in [6.45, 7) is 6.48. The first kappa shape index (κ1) is 19.0. The maximum atomic E-state index is 12.4. The van der Waals surface area contributed by atoms with Crippen molar-refractivity contribution >= 4 is 30.7 Å². The average molecular weight is 338 g/mol. The summed E-state index contributed by atoms with van der Waals surface area (Å²) in [7, 11) is 0. The third-order valence-corrected chi connectivity index (χ3v) is 5.11. The van der Waals surface area contributed by atoms with Gasteiger partial charge in [-0.2, -0.15) is 0 Å². The van der Waals surface area contributed by atoms with Crippen molar-refractivity contribution < 1.29 is 4.79 Å². The van der Waals surface area contributed by atoms with Gasteiger partial charge in [0.15, 0.2) is 0 Å². The zero-order chi connectivity index (χ0) is 13.1. The molecule has 3 aliphatic rings. The van der Waals surface area contributed by atoms with E-state index in [1.165, 1.54) is 38.6 Å². The van der Waals surface area contributed by atoms with Gasteiger partial charge in [-0.1, -0.05) is 6.42 Å². The van der Waals surface area contributed by atoms with Crippen LogP contribution in [0.1, 0.15) is 38.5 Å². The number of nitrogens with one attached hydrogen (secondary N) is 1. The highest BCUT2D eigenvalue weighted by Crippen LogP contribution is 2.23. The maximum Gasteiger partial charge on any atom is 0.222 e. The minimum atomic E-state index is 0. The molecule has 3 saturated heterocycles. The Balaban J connectivity index is 0.00000110. The molecular formula is C15H29Cl2N3O. The van der Waals surface area contributed by atoms with Crippen molar-refractivity contribution in [1.82, 2.24) is 15.1 Å². The number of carbonyl (C=O) groups is 1. The third kappa shape index (κ3) is 4.98. The van der Waals surface area contributed by atoms with Crippen molar-refractivity contribution in [2.24, 2.45) is 5.92 Å². The quantitative estimate of drug-likeness (QED) is 0.836. The van der Waals surface area contributed by atoms with E-state index in [9.17, 15) is 4.79 Å². The van der Waals surface area contributed by atoms with E-state index in [0.29, 0.717) is 17.9 Å². The summed E-state index contributed by atoms with van der Waals surface area (Å²) >= 11 is 0. The monoisotopic (exact) mass is 337 g/mol. The molecule has 1 atom stereocenters. The summed E-state index contributed by atoms with van der Waals surface area (Å²) in [6, 6.07) is 0.652. The number of rotatable bonds is 2. The highest BCUT2D eigenvalue weighted by Gasteiger charge is 2.31. The standard InChI is InChI=1S/C15H27N3O.2ClH/c19-15(11-13-4-6-16-7-5-13)18-10-9-17-8-2-1-3-14(17)12-18;;/h13-14,16H,1-12H2;2*1H. The Morgan fingerprint density at radius 3 is 2.52 bits per heavy atom. The molecule has 0 bridgehead atoms. The van der Waals surface area contributed by atoms with Crippen LogP contribution in [0.4, 0.5) is 0 Å². The number of hydrogen-bond donors (Lipinski definition) is 1. The fourth-order valence-electron chi connectivity index (χ4n) is 3.84. The minimum absolute atomic E-state index is 0. The summed E-state index contributed by atoms with van der Waals surface area (Å²) in [5.74, 6) is 1.04. The Morgan fingerprint density at radius 2 is 1.76 bits per heavy atom. The molecule has 1 amide bonds. The van der Waals surface area contributed by atoms with E-state index >= 15 is 0 Å². The number of piperazine rings is 1. The molecule has 0 aromatic rings. The van der Waals surface area contributed by atoms with Crippen molar-refractivity contribution in [3.63, 3.8) is 0 Å². The fourth-order valence-corrected chi connectivity index (χ4v) is 3.84. The van der Waals surface area contributed by atoms with Gasteiger partial charge in [-0.3, -0.25) is 9.69 Å². The lowest BCUT2D eigenvalue weighted by molar-refractivity contribution is -0.136. The predicted octanol–water partition coefficient (Wildman–Crippen LogP) is 1.92. The Kier molecular flexibility index (Phi) is 8.32. The van der Waals surface area contributed by atoms with E-state index in [1.807, 2.05) is 0 Å². The van der Waals surface area contributed by atoms with Gasteiger partial charge in [0.1, 0.15) is 0 Å². The van der Waals surface area contributed by atoms with E-state index in [0.717, 1.165) is 39.1 Å². The van der Waals surface area contributed by atoms with Crippen LogP contribution >= 0.6 is 24.8 Å². The Bertz CT molecular complexity index is 324. The van der Waals surface area contributed by atoms with Crippen LogP contribution in [0.25, 0.3) is 0 Å². The smallest absolute Gasteiger partial charge is 0.222 e. The second-order valence-corrected chi connectivity index (χ2v) is 6.42. The summed E-state index contributed by atoms with van der Waals surface area (Å²) in [5, 5.41) is 3.37. The van der Waals surface area contributed by atoms with Gasteiger partial charge >= 0.3 is 0 Å². The van der Waals surface area contributed by atoms with Gasteiger partial charge < -0.3 is 10.2 Å². The van der Waals surface area contributed by atoms with E-state index in [2.05, 4.69) is 15.1 Å². The zero-order valence-corrected chi connectivity index (χ0v) is 14.4. The molecule has 0 spiro atoms. The topological polar surface area (TPSA) is 35.6 Å². The lowest BCUT2D eigenvalue weighted by Gasteiger charge is -2.44. The SMILES string of the molecule is Cl.Cl.O=C(CC1CCNCC1)N1CCN2CCCCC2C1. The molecule has 1 N–H and O–H groups in total. The summed E-state index contributed by atoms with van der Waals surface area (Å²) in [6.07, 6.45) is 7.12. The third-order valence-electron chi connectivity index (χ3n) is 5.11. The number of fused-ring (bicyclic) bond motifs is 1. The number of piperidine rings is 2. The van der Waals surface area contributed by atoms with Crippen molar-refractivity contribution in [2.75, 3.05) is 39.3 Å². The van der Waals surface area contributed by atoms with Gasteiger partial charge in [-0.25, -0.2) is 0 Å². The number of halogens is 2. The molecule has 0 radical (unpaired) electrons. The highest BCUT2D eigenvalue weighted by molar-refractivity contribution is 5.85. The van der Waals surface area contributed by atoms with Crippen LogP contribution in [0.3, 0.4) is 0 Å². The predicted molar refractivity (Wildman–Crippen MR) is 90.5 cm³/mol. The van der Waals surface area contributed by atoms with Crippen LogP contribution in [0.2, 0.25) is 0 Å². The number of nitrogens with zero attached hydrogens (tertiary/aromatic N) is 2. The molecule has 6 heteroatoms. The second kappa shape index (κ2) is 9.19. The summed E-state index contributed by atoms with van der Waals surface area (Å²) in [5.41, 5.74) is 0. The molecule has 124 valence electrons. The van der Waals surface area contributed by atoms with Gasteiger partial charge in [-0.15, -0.1) is 24.8 Å². The van der Waals surface area contributed by atoms with Crippen molar-refractivity contribution in [2.45, 2.75) is 44.6 Å². The van der Waals surface area contributed by atoms with Crippen LogP contribution in [0, 0.1) is 5.92 Å². The molecule has 0 aromatic carbocycles. The van der Waals surface area contributed by atoms with E-state index < -0.39 is 0 Å². The first-order chi connectivity index (χ1) is 9.33. The Hall–Kier alpha value is -0.0300. The van der Waals surface area contributed by atoms with Gasteiger partial charge in [-0.05, 0) is 51.2 Å². The molecular weight excluding hydrogens is 309 g/mol. The van der Waals surface area contributed by atoms with Gasteiger partial charge in [0.2, 0.25) is 5.91 Å². The van der Waals surface area contributed by atoms with Crippen LogP contribution in [0.5, 0.6) is 0 Å². The van der Waals surface area contributed by atoms with Gasteiger partial charge in [0.25, 0.3) is 0 Å². The van der Waals surface area contributed by atoms with Crippen LogP contribution < -0.4 is 5.32 Å². The molecule has 4 nitrogen and oxygen atoms in total. The largest absolute Gasteiger partial charge is 0.340 e. The highest BCUT2D eigenvalue weighted by atomic mass is 35.5. The van der Waals surface area contributed by atoms with Gasteiger partial charge in [0, 0.05) is 32.1 Å². The van der Waals surface area contributed by atoms with Crippen LogP contribution in [-0.4, -0.2) is 61.0 Å². The van der Waals surface area contributed by atoms with Crippen molar-refractivity contribution in [1.29, 1.82) is 0 Å². The Labute approximate surface area is 140 Å². The summed E-state index contributed by atoms with van der Waals surface area (Å²) in [4.78, 5) is 17.2. The van der Waals surface area contributed by atoms with E-state index in [1.54, 1.807) is 0 Å². The number of hydrogen-bond acceptors (Lipinski definition) is 3. The zero-order valence-electron chi connectivity index (χ0n) is 12.8. The molecule has 0 aromatic heterocycles. The van der Waals surface area contributed by atoms with Crippen molar-refractivity contribution in [3.8, 4) is 0 Å². The normalized spacial score (nSPS) is 27.2. The average Bonchev–Trinajstić information content (AvgIpc) is 2.48. The van der Waals surface area contributed by atoms with Crippen molar-refractivity contribution in [3.05, 3.63) is 0 Å². The van der Waals surface area contributed by atoms with E-state index in [-0.39, 0.29) is 24.8 Å². The molecule has 1 unspecified atom stereocenters. The molecule has 3 rings (SSSR count). The molecule has 3 aliphatic heterocycles. The van der Waals surface area contributed by atoms with E-state index in [4.69, 9.17) is 0 Å². The first-order valence-corrected chi connectivity index (χ1v) is 8.05. The lowest BCUT2D eigenvalue weighted by Crippen LogP contribution is -2.56. The molecule has 0 saturated carbocycles. The minimum Gasteiger partial charge on any atom is -0.340 e. The fraction of sp³-hybridized carbons (Fsp3) is 0.933. The summed E-state index contributed by atoms with van der Waals surface area (Å²) < 4.78 is 0. The number of carbonyl (C=O) groups excluding carboxylic acids is 1. The van der Waals surface area contributed by atoms with Crippen LogP contribution in [-0.2, 0) is 4.79 Å². The lowest BCUT2D eigenvalue weighted by atomic mass is 9.93. The number of amides is 1. The molecule has 21 heavy (non-hydrogen) atoms. The van der Waals surface area contributed by atoms with Crippen LogP contribution in [0.15, 0.2) is 0 Å². The maximum absolute atomic E-state index is 12.4. The molecule has 0 aliphatic carbocycles. The first-order valence-electron chi connectivity index (χ1n) is 8.05. The van der Waals surface area contributed by atoms with Gasteiger partial charge in [0.05, 0.1) is 0 Å².